The van der Waals surface area contributed by atoms with E-state index in [1.807, 2.05) is 19.2 Å². The third-order valence-electron chi connectivity index (χ3n) is 7.75. The van der Waals surface area contributed by atoms with Gasteiger partial charge in [-0.25, -0.2) is 13.8 Å². The highest BCUT2D eigenvalue weighted by atomic mass is 19.1. The van der Waals surface area contributed by atoms with E-state index in [1.54, 1.807) is 11.1 Å². The highest BCUT2D eigenvalue weighted by Gasteiger charge is 2.34. The van der Waals surface area contributed by atoms with Gasteiger partial charge < -0.3 is 10.2 Å². The van der Waals surface area contributed by atoms with Gasteiger partial charge >= 0.3 is 0 Å². The molecule has 37 heavy (non-hydrogen) atoms. The van der Waals surface area contributed by atoms with E-state index < -0.39 is 11.6 Å². The zero-order valence-electron chi connectivity index (χ0n) is 22.1. The average Bonchev–Trinajstić information content (AvgIpc) is 3.07. The van der Waals surface area contributed by atoms with E-state index >= 15 is 4.39 Å². The number of nitrogens with zero attached hydrogens (tertiary/aromatic N) is 4. The summed E-state index contributed by atoms with van der Waals surface area (Å²) in [6.45, 7) is 10.8. The molecule has 0 saturated carbocycles. The third-order valence-corrected chi connectivity index (χ3v) is 7.75. The Kier molecular flexibility index (Phi) is 6.77. The molecule has 3 aromatic rings. The molecule has 5 rings (SSSR count). The summed E-state index contributed by atoms with van der Waals surface area (Å²) in [7, 11) is 0. The molecule has 0 radical (unpaired) electrons. The van der Waals surface area contributed by atoms with Crippen LogP contribution in [0.25, 0.3) is 10.9 Å². The smallest absolute Gasteiger partial charge is 0.228 e. The number of carbonyl (C=O) groups is 1. The van der Waals surface area contributed by atoms with E-state index in [0.717, 1.165) is 44.1 Å². The number of carbonyl (C=O) groups excluding carboxylic acids is 1. The predicted octanol–water partition coefficient (Wildman–Crippen LogP) is 6.74. The SMILES string of the molecule is Cc1c(N2CC(C)(C)CCC2=O)nc2cc(F)cc(F)c2c1Nc1cncc(N2CCCC(C)CC2)c1. The van der Waals surface area contributed by atoms with E-state index in [1.165, 1.54) is 12.5 Å². The van der Waals surface area contributed by atoms with Crippen molar-refractivity contribution in [1.82, 2.24) is 9.97 Å². The number of hydrogen-bond acceptors (Lipinski definition) is 5. The van der Waals surface area contributed by atoms with Gasteiger partial charge in [0.15, 0.2) is 0 Å². The quantitative estimate of drug-likeness (QED) is 0.424. The molecule has 1 atom stereocenters. The minimum atomic E-state index is -0.706. The van der Waals surface area contributed by atoms with Crippen LogP contribution < -0.4 is 15.1 Å². The van der Waals surface area contributed by atoms with E-state index in [9.17, 15) is 9.18 Å². The summed E-state index contributed by atoms with van der Waals surface area (Å²) in [5.74, 6) is -0.299. The molecule has 2 aromatic heterocycles. The molecule has 8 heteroatoms. The lowest BCUT2D eigenvalue weighted by molar-refractivity contribution is -0.121. The molecule has 2 fully saturated rings. The monoisotopic (exact) mass is 507 g/mol. The second-order valence-corrected chi connectivity index (χ2v) is 11.4. The van der Waals surface area contributed by atoms with Crippen LogP contribution in [0.3, 0.4) is 0 Å². The van der Waals surface area contributed by atoms with Crippen molar-refractivity contribution in [3.8, 4) is 0 Å². The zero-order valence-corrected chi connectivity index (χ0v) is 22.1. The van der Waals surface area contributed by atoms with Crippen molar-refractivity contribution in [2.45, 2.75) is 59.8 Å². The molecule has 0 bridgehead atoms. The zero-order chi connectivity index (χ0) is 26.3. The maximum absolute atomic E-state index is 15.2. The number of aromatic nitrogens is 2. The molecule has 4 heterocycles. The van der Waals surface area contributed by atoms with E-state index in [2.05, 4.69) is 41.0 Å². The summed E-state index contributed by atoms with van der Waals surface area (Å²) in [6, 6.07) is 4.11. The van der Waals surface area contributed by atoms with Crippen molar-refractivity contribution in [2.75, 3.05) is 34.8 Å². The molecule has 1 unspecified atom stereocenters. The fraction of sp³-hybridized carbons (Fsp3) is 0.483. The summed E-state index contributed by atoms with van der Waals surface area (Å²) in [5.41, 5.74) is 2.90. The van der Waals surface area contributed by atoms with Gasteiger partial charge in [0.2, 0.25) is 5.91 Å². The van der Waals surface area contributed by atoms with Gasteiger partial charge in [0, 0.05) is 43.8 Å². The first kappa shape index (κ1) is 25.4. The summed E-state index contributed by atoms with van der Waals surface area (Å²) < 4.78 is 29.4. The van der Waals surface area contributed by atoms with Crippen LogP contribution in [0.2, 0.25) is 0 Å². The van der Waals surface area contributed by atoms with Gasteiger partial charge in [0.05, 0.1) is 40.4 Å². The van der Waals surface area contributed by atoms with Crippen molar-refractivity contribution < 1.29 is 13.6 Å². The van der Waals surface area contributed by atoms with Gasteiger partial charge in [0.1, 0.15) is 17.5 Å². The third kappa shape index (κ3) is 5.24. The Hall–Kier alpha value is -3.29. The minimum Gasteiger partial charge on any atom is -0.370 e. The fourth-order valence-corrected chi connectivity index (χ4v) is 5.52. The van der Waals surface area contributed by atoms with Crippen LogP contribution in [0.15, 0.2) is 30.6 Å². The van der Waals surface area contributed by atoms with Gasteiger partial charge in [0.25, 0.3) is 0 Å². The number of hydrogen-bond donors (Lipinski definition) is 1. The Morgan fingerprint density at radius 3 is 2.73 bits per heavy atom. The first-order chi connectivity index (χ1) is 17.6. The number of amides is 1. The Labute approximate surface area is 217 Å². The van der Waals surface area contributed by atoms with Gasteiger partial charge in [-0.3, -0.25) is 14.7 Å². The van der Waals surface area contributed by atoms with Crippen LogP contribution in [0.4, 0.5) is 31.7 Å². The number of benzene rings is 1. The number of fused-ring (bicyclic) bond motifs is 1. The molecule has 2 aliphatic rings. The van der Waals surface area contributed by atoms with Crippen molar-refractivity contribution >= 4 is 39.7 Å². The Bertz CT molecular complexity index is 1340. The Balaban J connectivity index is 1.58. The maximum atomic E-state index is 15.2. The van der Waals surface area contributed by atoms with Crippen LogP contribution in [0, 0.1) is 29.9 Å². The maximum Gasteiger partial charge on any atom is 0.228 e. The predicted molar refractivity (Wildman–Crippen MR) is 145 cm³/mol. The first-order valence-electron chi connectivity index (χ1n) is 13.2. The van der Waals surface area contributed by atoms with Crippen molar-refractivity contribution in [3.63, 3.8) is 0 Å². The number of anilines is 4. The molecular weight excluding hydrogens is 472 g/mol. The van der Waals surface area contributed by atoms with Crippen LogP contribution in [-0.4, -0.2) is 35.5 Å². The van der Waals surface area contributed by atoms with Crippen molar-refractivity contribution in [3.05, 3.63) is 47.8 Å². The van der Waals surface area contributed by atoms with Gasteiger partial charge in [-0.2, -0.15) is 0 Å². The number of piperidine rings is 1. The summed E-state index contributed by atoms with van der Waals surface area (Å²) in [6.07, 6.45) is 8.23. The molecule has 196 valence electrons. The van der Waals surface area contributed by atoms with E-state index in [-0.39, 0.29) is 22.2 Å². The average molecular weight is 508 g/mol. The second-order valence-electron chi connectivity index (χ2n) is 11.4. The van der Waals surface area contributed by atoms with Gasteiger partial charge in [-0.05, 0) is 50.0 Å². The number of pyridine rings is 2. The number of halogens is 2. The summed E-state index contributed by atoms with van der Waals surface area (Å²) in [4.78, 5) is 26.0. The normalized spacial score (nSPS) is 20.3. The lowest BCUT2D eigenvalue weighted by Gasteiger charge is -2.38. The fourth-order valence-electron chi connectivity index (χ4n) is 5.52. The largest absolute Gasteiger partial charge is 0.370 e. The van der Waals surface area contributed by atoms with Crippen LogP contribution in [0.5, 0.6) is 0 Å². The molecule has 0 aliphatic carbocycles. The molecular formula is C29H35F2N5O. The lowest BCUT2D eigenvalue weighted by atomic mass is 9.83. The Morgan fingerprint density at radius 2 is 1.92 bits per heavy atom. The van der Waals surface area contributed by atoms with Crippen molar-refractivity contribution in [2.24, 2.45) is 11.3 Å². The molecule has 2 saturated heterocycles. The van der Waals surface area contributed by atoms with E-state index in [0.29, 0.717) is 41.6 Å². The lowest BCUT2D eigenvalue weighted by Crippen LogP contribution is -2.44. The number of nitrogens with one attached hydrogen (secondary N) is 1. The molecule has 1 amide bonds. The second kappa shape index (κ2) is 9.88. The topological polar surface area (TPSA) is 61.4 Å². The van der Waals surface area contributed by atoms with Crippen LogP contribution in [-0.2, 0) is 4.79 Å². The van der Waals surface area contributed by atoms with Crippen LogP contribution in [0.1, 0.15) is 58.4 Å². The standard InChI is InChI=1S/C29H35F2N5O/c1-18-6-5-10-35(11-8-18)22-14-21(15-32-16-22)33-27-19(2)28(36-17-29(3,4)9-7-25(36)37)34-24-13-20(30)12-23(31)26(24)27/h12-16,18H,5-11,17H2,1-4H3,(H,33,34). The van der Waals surface area contributed by atoms with Gasteiger partial charge in [-0.15, -0.1) is 0 Å². The number of rotatable bonds is 4. The molecule has 1 aromatic carbocycles. The Morgan fingerprint density at radius 1 is 1.11 bits per heavy atom. The molecule has 0 spiro atoms. The summed E-state index contributed by atoms with van der Waals surface area (Å²) in [5, 5.41) is 3.56. The summed E-state index contributed by atoms with van der Waals surface area (Å²) >= 11 is 0. The van der Waals surface area contributed by atoms with Gasteiger partial charge in [-0.1, -0.05) is 20.8 Å². The van der Waals surface area contributed by atoms with Crippen LogP contribution >= 0.6 is 0 Å². The molecule has 1 N–H and O–H groups in total. The minimum absolute atomic E-state index is 0.0313. The molecule has 2 aliphatic heterocycles. The highest BCUT2D eigenvalue weighted by molar-refractivity contribution is 6.01. The van der Waals surface area contributed by atoms with E-state index in [4.69, 9.17) is 0 Å². The van der Waals surface area contributed by atoms with Crippen molar-refractivity contribution in [1.29, 1.82) is 0 Å². The first-order valence-corrected chi connectivity index (χ1v) is 13.2. The molecule has 6 nitrogen and oxygen atoms in total. The highest BCUT2D eigenvalue weighted by Crippen LogP contribution is 2.40.